The summed E-state index contributed by atoms with van der Waals surface area (Å²) in [4.78, 5) is 43.4. The summed E-state index contributed by atoms with van der Waals surface area (Å²) in [5, 5.41) is 9.14. The topological polar surface area (TPSA) is 116 Å². The van der Waals surface area contributed by atoms with E-state index in [1.54, 1.807) is 56.3 Å². The molecule has 9 nitrogen and oxygen atoms in total. The normalized spacial score (nSPS) is 14.4. The van der Waals surface area contributed by atoms with Gasteiger partial charge in [-0.1, -0.05) is 66.5 Å². The van der Waals surface area contributed by atoms with Crippen molar-refractivity contribution in [2.45, 2.75) is 26.5 Å². The number of esters is 1. The number of hydrogen-bond donors (Lipinski definition) is 1. The van der Waals surface area contributed by atoms with Gasteiger partial charge in [0.25, 0.3) is 5.56 Å². The maximum absolute atomic E-state index is 14.0. The molecule has 1 aromatic heterocycles. The fourth-order valence-electron chi connectivity index (χ4n) is 4.79. The number of carbonyl (C=O) groups is 2. The number of nitrogens with zero attached hydrogens (tertiary/aromatic N) is 2. The zero-order valence-electron chi connectivity index (χ0n) is 24.2. The summed E-state index contributed by atoms with van der Waals surface area (Å²) in [7, 11) is 0. The van der Waals surface area contributed by atoms with E-state index >= 15 is 0 Å². The average Bonchev–Trinajstić information content (AvgIpc) is 3.33. The molecule has 1 atom stereocenters. The molecule has 0 saturated heterocycles. The number of carboxylic acids is 1. The summed E-state index contributed by atoms with van der Waals surface area (Å²) in [5.74, 6) is -0.342. The van der Waals surface area contributed by atoms with Crippen LogP contribution in [0.1, 0.15) is 46.9 Å². The maximum Gasteiger partial charge on any atom is 0.338 e. The fourth-order valence-corrected chi connectivity index (χ4v) is 5.82. The van der Waals surface area contributed by atoms with Crippen LogP contribution in [0.5, 0.6) is 11.5 Å². The van der Waals surface area contributed by atoms with Gasteiger partial charge < -0.3 is 19.3 Å². The Morgan fingerprint density at radius 2 is 1.77 bits per heavy atom. The first-order chi connectivity index (χ1) is 21.3. The Morgan fingerprint density at radius 3 is 2.45 bits per heavy atom. The van der Waals surface area contributed by atoms with Crippen LogP contribution < -0.4 is 24.4 Å². The highest BCUT2D eigenvalue weighted by Crippen LogP contribution is 2.31. The standard InChI is InChI=1S/C34H30N2O7S/c1-4-18-42-26-16-14-23(15-17-26)30-29(33(40)41-5-2)21(3)35-34-36(30)31(37)28(44-34)19-25-8-6-7-9-27(25)43-20-22-10-12-24(13-11-22)32(38)39/h4,6-17,19,30H,1,5,18,20H2,2-3H3,(H,38,39)/b28-19-/t30-/m1/s1. The van der Waals surface area contributed by atoms with Crippen LogP contribution >= 0.6 is 11.3 Å². The molecule has 1 aliphatic rings. The Kier molecular flexibility index (Phi) is 9.20. The maximum atomic E-state index is 14.0. The lowest BCUT2D eigenvalue weighted by Crippen LogP contribution is -2.39. The summed E-state index contributed by atoms with van der Waals surface area (Å²) in [5.41, 5.74) is 2.85. The third-order valence-corrected chi connectivity index (χ3v) is 7.86. The van der Waals surface area contributed by atoms with Gasteiger partial charge in [-0.15, -0.1) is 0 Å². The molecule has 1 N–H and O–H groups in total. The predicted octanol–water partition coefficient (Wildman–Crippen LogP) is 4.64. The molecular weight excluding hydrogens is 580 g/mol. The van der Waals surface area contributed by atoms with Crippen molar-refractivity contribution in [3.63, 3.8) is 0 Å². The van der Waals surface area contributed by atoms with E-state index in [1.165, 1.54) is 28.0 Å². The lowest BCUT2D eigenvalue weighted by molar-refractivity contribution is -0.139. The average molecular weight is 611 g/mol. The lowest BCUT2D eigenvalue weighted by atomic mass is 9.96. The van der Waals surface area contributed by atoms with E-state index in [0.717, 1.165) is 5.56 Å². The molecule has 0 amide bonds. The smallest absolute Gasteiger partial charge is 0.338 e. The Balaban J connectivity index is 1.54. The zero-order valence-corrected chi connectivity index (χ0v) is 25.0. The van der Waals surface area contributed by atoms with Crippen LogP contribution in [0.25, 0.3) is 6.08 Å². The molecule has 4 aromatic rings. The summed E-state index contributed by atoms with van der Waals surface area (Å²) in [6.07, 6.45) is 3.40. The molecule has 3 aromatic carbocycles. The molecule has 5 rings (SSSR count). The van der Waals surface area contributed by atoms with Crippen molar-refractivity contribution in [1.82, 2.24) is 4.57 Å². The van der Waals surface area contributed by atoms with E-state index in [4.69, 9.17) is 19.3 Å². The van der Waals surface area contributed by atoms with E-state index in [-0.39, 0.29) is 24.3 Å². The minimum Gasteiger partial charge on any atom is -0.490 e. The van der Waals surface area contributed by atoms with Crippen molar-refractivity contribution in [3.05, 3.63) is 139 Å². The van der Waals surface area contributed by atoms with Crippen molar-refractivity contribution in [2.75, 3.05) is 13.2 Å². The molecule has 0 unspecified atom stereocenters. The van der Waals surface area contributed by atoms with Crippen LogP contribution in [0.4, 0.5) is 0 Å². The number of para-hydroxylation sites is 1. The number of thiazole rings is 1. The van der Waals surface area contributed by atoms with Gasteiger partial charge in [0, 0.05) is 5.56 Å². The van der Waals surface area contributed by atoms with E-state index in [1.807, 2.05) is 30.3 Å². The van der Waals surface area contributed by atoms with Crippen LogP contribution in [0, 0.1) is 0 Å². The first-order valence-electron chi connectivity index (χ1n) is 13.9. The van der Waals surface area contributed by atoms with Crippen LogP contribution in [0.2, 0.25) is 0 Å². The number of benzene rings is 3. The molecule has 0 saturated carbocycles. The fraction of sp³-hybridized carbons (Fsp3) is 0.176. The van der Waals surface area contributed by atoms with Gasteiger partial charge in [-0.25, -0.2) is 14.6 Å². The first-order valence-corrected chi connectivity index (χ1v) is 14.7. The van der Waals surface area contributed by atoms with Crippen molar-refractivity contribution < 1.29 is 28.9 Å². The molecule has 44 heavy (non-hydrogen) atoms. The Bertz CT molecular complexity index is 1920. The first kappa shape index (κ1) is 30.2. The highest BCUT2D eigenvalue weighted by atomic mass is 32.1. The largest absolute Gasteiger partial charge is 0.490 e. The number of aromatic nitrogens is 1. The molecule has 224 valence electrons. The van der Waals surface area contributed by atoms with Crippen LogP contribution in [-0.4, -0.2) is 34.8 Å². The highest BCUT2D eigenvalue weighted by Gasteiger charge is 2.33. The molecule has 10 heteroatoms. The number of carbonyl (C=O) groups excluding carboxylic acids is 1. The van der Waals surface area contributed by atoms with Crippen LogP contribution in [-0.2, 0) is 16.1 Å². The van der Waals surface area contributed by atoms with E-state index in [9.17, 15) is 14.4 Å². The summed E-state index contributed by atoms with van der Waals surface area (Å²) in [6.45, 7) is 7.88. The second-order valence-corrected chi connectivity index (χ2v) is 10.8. The molecule has 1 aliphatic heterocycles. The Hall–Kier alpha value is -5.22. The number of carboxylic acid groups (broad SMARTS) is 1. The van der Waals surface area contributed by atoms with Gasteiger partial charge in [-0.3, -0.25) is 9.36 Å². The number of allylic oxidation sites excluding steroid dienone is 1. The van der Waals surface area contributed by atoms with Gasteiger partial charge in [-0.05, 0) is 61.4 Å². The van der Waals surface area contributed by atoms with Gasteiger partial charge in [-0.2, -0.15) is 0 Å². The molecule has 0 fully saturated rings. The summed E-state index contributed by atoms with van der Waals surface area (Å²) in [6, 6.07) is 20.2. The quantitative estimate of drug-likeness (QED) is 0.194. The number of rotatable bonds is 11. The van der Waals surface area contributed by atoms with Crippen molar-refractivity contribution in [2.24, 2.45) is 4.99 Å². The van der Waals surface area contributed by atoms with Crippen molar-refractivity contribution >= 4 is 29.4 Å². The van der Waals surface area contributed by atoms with Gasteiger partial charge in [0.1, 0.15) is 24.7 Å². The SMILES string of the molecule is C=CCOc1ccc([C@@H]2C(C(=O)OCC)=C(C)N=c3s/c(=C\c4ccccc4OCc4ccc(C(=O)O)cc4)c(=O)n32)cc1. The molecular formula is C34H30N2O7S. The molecule has 0 aliphatic carbocycles. The lowest BCUT2D eigenvalue weighted by Gasteiger charge is -2.24. The van der Waals surface area contributed by atoms with E-state index in [2.05, 4.69) is 11.6 Å². The number of ether oxygens (including phenoxy) is 3. The van der Waals surface area contributed by atoms with Crippen molar-refractivity contribution in [1.29, 1.82) is 0 Å². The Labute approximate surface area is 257 Å². The Morgan fingerprint density at radius 1 is 1.05 bits per heavy atom. The summed E-state index contributed by atoms with van der Waals surface area (Å²) < 4.78 is 19.0. The second kappa shape index (κ2) is 13.4. The summed E-state index contributed by atoms with van der Waals surface area (Å²) >= 11 is 1.22. The third kappa shape index (κ3) is 6.40. The highest BCUT2D eigenvalue weighted by molar-refractivity contribution is 7.07. The number of hydrogen-bond acceptors (Lipinski definition) is 8. The molecule has 0 radical (unpaired) electrons. The van der Waals surface area contributed by atoms with Gasteiger partial charge in [0.15, 0.2) is 4.80 Å². The molecule has 0 spiro atoms. The monoisotopic (exact) mass is 610 g/mol. The van der Waals surface area contributed by atoms with Gasteiger partial charge >= 0.3 is 11.9 Å². The van der Waals surface area contributed by atoms with E-state index in [0.29, 0.717) is 49.8 Å². The van der Waals surface area contributed by atoms with Gasteiger partial charge in [0.05, 0.1) is 34.0 Å². The minimum atomic E-state index is -0.995. The van der Waals surface area contributed by atoms with Crippen LogP contribution in [0.3, 0.4) is 0 Å². The zero-order chi connectivity index (χ0) is 31.2. The number of fused-ring (bicyclic) bond motifs is 1. The van der Waals surface area contributed by atoms with Crippen LogP contribution in [0.15, 0.2) is 107 Å². The van der Waals surface area contributed by atoms with Crippen molar-refractivity contribution in [3.8, 4) is 11.5 Å². The number of aromatic carboxylic acids is 1. The van der Waals surface area contributed by atoms with E-state index < -0.39 is 18.0 Å². The van der Waals surface area contributed by atoms with Gasteiger partial charge in [0.2, 0.25) is 0 Å². The molecule has 2 heterocycles. The minimum absolute atomic E-state index is 0.182. The third-order valence-electron chi connectivity index (χ3n) is 6.88. The second-order valence-electron chi connectivity index (χ2n) is 9.80. The molecule has 0 bridgehead atoms. The predicted molar refractivity (Wildman–Crippen MR) is 167 cm³/mol.